The molecule has 0 saturated carbocycles. The number of methoxy groups -OCH3 is 1. The summed E-state index contributed by atoms with van der Waals surface area (Å²) in [5.41, 5.74) is 1.53. The van der Waals surface area contributed by atoms with E-state index in [-0.39, 0.29) is 11.9 Å². The van der Waals surface area contributed by atoms with Crippen LogP contribution >= 0.6 is 0 Å². The third kappa shape index (κ3) is 3.39. The second-order valence-electron chi connectivity index (χ2n) is 5.33. The fraction of sp³-hybridized carbons (Fsp3) is 0.278. The van der Waals surface area contributed by atoms with Gasteiger partial charge in [-0.2, -0.15) is 0 Å². The lowest BCUT2D eigenvalue weighted by Gasteiger charge is -2.21. The van der Waals surface area contributed by atoms with Crippen molar-refractivity contribution in [1.82, 2.24) is 5.32 Å². The van der Waals surface area contributed by atoms with Gasteiger partial charge < -0.3 is 19.5 Å². The zero-order valence-electron chi connectivity index (χ0n) is 13.2. The number of amides is 1. The van der Waals surface area contributed by atoms with Crippen LogP contribution in [0, 0.1) is 0 Å². The van der Waals surface area contributed by atoms with Crippen molar-refractivity contribution in [2.75, 3.05) is 20.3 Å². The van der Waals surface area contributed by atoms with E-state index in [1.165, 1.54) is 0 Å². The Balaban J connectivity index is 1.73. The summed E-state index contributed by atoms with van der Waals surface area (Å²) < 4.78 is 16.2. The van der Waals surface area contributed by atoms with Crippen LogP contribution < -0.4 is 19.5 Å². The molecular weight excluding hydrogens is 294 g/mol. The van der Waals surface area contributed by atoms with Gasteiger partial charge >= 0.3 is 0 Å². The molecule has 120 valence electrons. The van der Waals surface area contributed by atoms with Gasteiger partial charge in [-0.25, -0.2) is 0 Å². The number of rotatable bonds is 4. The van der Waals surface area contributed by atoms with E-state index < -0.39 is 0 Å². The Bertz CT molecular complexity index is 714. The van der Waals surface area contributed by atoms with Gasteiger partial charge in [0.2, 0.25) is 0 Å². The van der Waals surface area contributed by atoms with E-state index in [4.69, 9.17) is 14.2 Å². The number of carbonyl (C=O) groups excluding carboxylic acids is 1. The predicted molar refractivity (Wildman–Crippen MR) is 86.3 cm³/mol. The first-order chi connectivity index (χ1) is 11.2. The molecule has 1 N–H and O–H groups in total. The van der Waals surface area contributed by atoms with Crippen LogP contribution in [0.1, 0.15) is 28.9 Å². The Morgan fingerprint density at radius 3 is 2.70 bits per heavy atom. The first kappa shape index (κ1) is 15.2. The number of hydrogen-bond acceptors (Lipinski definition) is 4. The maximum atomic E-state index is 12.4. The molecular formula is C18H19NO4. The fourth-order valence-corrected chi connectivity index (χ4v) is 2.46. The van der Waals surface area contributed by atoms with E-state index in [1.54, 1.807) is 31.4 Å². The minimum absolute atomic E-state index is 0.147. The summed E-state index contributed by atoms with van der Waals surface area (Å²) in [5, 5.41) is 2.98. The molecule has 1 aliphatic rings. The lowest BCUT2D eigenvalue weighted by atomic mass is 10.1. The normalized spacial score (nSPS) is 14.0. The highest BCUT2D eigenvalue weighted by Crippen LogP contribution is 2.32. The molecule has 23 heavy (non-hydrogen) atoms. The Morgan fingerprint density at radius 2 is 1.91 bits per heavy atom. The second-order valence-corrected chi connectivity index (χ2v) is 5.33. The quantitative estimate of drug-likeness (QED) is 0.943. The molecule has 0 bridgehead atoms. The first-order valence-electron chi connectivity index (χ1n) is 7.52. The topological polar surface area (TPSA) is 56.8 Å². The summed E-state index contributed by atoms with van der Waals surface area (Å²) in [6.07, 6.45) is 0. The van der Waals surface area contributed by atoms with Crippen molar-refractivity contribution in [2.24, 2.45) is 0 Å². The summed E-state index contributed by atoms with van der Waals surface area (Å²) in [4.78, 5) is 12.4. The van der Waals surface area contributed by atoms with Crippen LogP contribution in [-0.2, 0) is 0 Å². The molecule has 0 fully saturated rings. The molecule has 1 heterocycles. The number of ether oxygens (including phenoxy) is 3. The summed E-state index contributed by atoms with van der Waals surface area (Å²) in [6.45, 7) is 3.04. The van der Waals surface area contributed by atoms with E-state index >= 15 is 0 Å². The Morgan fingerprint density at radius 1 is 1.13 bits per heavy atom. The number of hydrogen-bond donors (Lipinski definition) is 1. The molecule has 2 aromatic rings. The molecule has 1 aliphatic heterocycles. The molecule has 0 aliphatic carbocycles. The molecule has 5 heteroatoms. The van der Waals surface area contributed by atoms with Gasteiger partial charge in [0.15, 0.2) is 11.5 Å². The van der Waals surface area contributed by atoms with E-state index in [9.17, 15) is 4.79 Å². The first-order valence-corrected chi connectivity index (χ1v) is 7.52. The van der Waals surface area contributed by atoms with Gasteiger partial charge in [-0.15, -0.1) is 0 Å². The van der Waals surface area contributed by atoms with Gasteiger partial charge in [0, 0.05) is 5.56 Å². The van der Waals surface area contributed by atoms with Crippen molar-refractivity contribution in [3.63, 3.8) is 0 Å². The Kier molecular flexibility index (Phi) is 4.37. The van der Waals surface area contributed by atoms with Crippen LogP contribution in [0.5, 0.6) is 17.2 Å². The highest BCUT2D eigenvalue weighted by Gasteiger charge is 2.16. The minimum Gasteiger partial charge on any atom is -0.497 e. The highest BCUT2D eigenvalue weighted by atomic mass is 16.6. The van der Waals surface area contributed by atoms with Crippen LogP contribution in [0.15, 0.2) is 42.5 Å². The van der Waals surface area contributed by atoms with Crippen molar-refractivity contribution < 1.29 is 19.0 Å². The summed E-state index contributed by atoms with van der Waals surface area (Å²) >= 11 is 0. The van der Waals surface area contributed by atoms with E-state index in [2.05, 4.69) is 5.32 Å². The minimum atomic E-state index is -0.149. The zero-order valence-corrected chi connectivity index (χ0v) is 13.2. The largest absolute Gasteiger partial charge is 0.497 e. The summed E-state index contributed by atoms with van der Waals surface area (Å²) in [5.74, 6) is 1.97. The van der Waals surface area contributed by atoms with Crippen molar-refractivity contribution in [3.05, 3.63) is 53.6 Å². The third-order valence-corrected chi connectivity index (χ3v) is 3.75. The van der Waals surface area contributed by atoms with Gasteiger partial charge in [0.25, 0.3) is 5.91 Å². The molecule has 0 aromatic heterocycles. The molecule has 3 rings (SSSR count). The van der Waals surface area contributed by atoms with Gasteiger partial charge in [-0.05, 0) is 42.8 Å². The van der Waals surface area contributed by atoms with E-state index in [0.29, 0.717) is 24.5 Å². The lowest BCUT2D eigenvalue weighted by Crippen LogP contribution is -2.26. The fourth-order valence-electron chi connectivity index (χ4n) is 2.46. The maximum absolute atomic E-state index is 12.4. The number of carbonyl (C=O) groups is 1. The van der Waals surface area contributed by atoms with Crippen LogP contribution in [0.25, 0.3) is 0 Å². The van der Waals surface area contributed by atoms with Crippen molar-refractivity contribution >= 4 is 5.91 Å². The highest BCUT2D eigenvalue weighted by molar-refractivity contribution is 5.94. The lowest BCUT2D eigenvalue weighted by molar-refractivity contribution is 0.0939. The number of fused-ring (bicyclic) bond motifs is 1. The van der Waals surface area contributed by atoms with Gasteiger partial charge in [0.1, 0.15) is 19.0 Å². The third-order valence-electron chi connectivity index (χ3n) is 3.75. The Hall–Kier alpha value is -2.69. The number of benzene rings is 2. The summed E-state index contributed by atoms with van der Waals surface area (Å²) in [7, 11) is 1.58. The standard InChI is InChI=1S/C18H19NO4/c1-12(13-6-7-16-17(11-13)23-9-8-22-16)19-18(20)14-4-3-5-15(10-14)21-2/h3-7,10-12H,8-9H2,1-2H3,(H,19,20). The second kappa shape index (κ2) is 6.60. The smallest absolute Gasteiger partial charge is 0.251 e. The van der Waals surface area contributed by atoms with Crippen LogP contribution in [0.2, 0.25) is 0 Å². The van der Waals surface area contributed by atoms with Crippen LogP contribution in [-0.4, -0.2) is 26.2 Å². The van der Waals surface area contributed by atoms with Crippen LogP contribution in [0.3, 0.4) is 0 Å². The van der Waals surface area contributed by atoms with E-state index in [0.717, 1.165) is 17.1 Å². The van der Waals surface area contributed by atoms with Crippen molar-refractivity contribution in [2.45, 2.75) is 13.0 Å². The SMILES string of the molecule is COc1cccc(C(=O)NC(C)c2ccc3c(c2)OCCO3)c1. The molecule has 2 aromatic carbocycles. The van der Waals surface area contributed by atoms with Crippen LogP contribution in [0.4, 0.5) is 0 Å². The van der Waals surface area contributed by atoms with Gasteiger partial charge in [0.05, 0.1) is 13.2 Å². The van der Waals surface area contributed by atoms with Gasteiger partial charge in [-0.1, -0.05) is 12.1 Å². The average molecular weight is 313 g/mol. The van der Waals surface area contributed by atoms with Gasteiger partial charge in [-0.3, -0.25) is 4.79 Å². The molecule has 1 atom stereocenters. The molecule has 5 nitrogen and oxygen atoms in total. The molecule has 0 spiro atoms. The zero-order chi connectivity index (χ0) is 16.2. The Labute approximate surface area is 135 Å². The number of nitrogens with one attached hydrogen (secondary N) is 1. The summed E-state index contributed by atoms with van der Waals surface area (Å²) in [6, 6.07) is 12.6. The average Bonchev–Trinajstić information content (AvgIpc) is 2.61. The monoisotopic (exact) mass is 313 g/mol. The molecule has 1 amide bonds. The maximum Gasteiger partial charge on any atom is 0.251 e. The predicted octanol–water partition coefficient (Wildman–Crippen LogP) is 2.96. The van der Waals surface area contributed by atoms with Crippen molar-refractivity contribution in [3.8, 4) is 17.2 Å². The molecule has 1 unspecified atom stereocenters. The molecule has 0 radical (unpaired) electrons. The van der Waals surface area contributed by atoms with Crippen molar-refractivity contribution in [1.29, 1.82) is 0 Å². The van der Waals surface area contributed by atoms with E-state index in [1.807, 2.05) is 25.1 Å². The molecule has 0 saturated heterocycles.